The lowest BCUT2D eigenvalue weighted by Crippen LogP contribution is -2.16. The van der Waals surface area contributed by atoms with E-state index in [2.05, 4.69) is 0 Å². The number of hydrogen-bond donors (Lipinski definition) is 1. The Morgan fingerprint density at radius 3 is 2.39 bits per heavy atom. The van der Waals surface area contributed by atoms with Crippen molar-refractivity contribution in [1.29, 1.82) is 0 Å². The first-order valence-electron chi connectivity index (χ1n) is 6.01. The third-order valence-corrected chi connectivity index (χ3v) is 2.70. The molecule has 0 bridgehead atoms. The number of nitrogen functional groups attached to an aromatic ring is 1. The van der Waals surface area contributed by atoms with E-state index in [1.54, 1.807) is 0 Å². The van der Waals surface area contributed by atoms with Gasteiger partial charge in [0.2, 0.25) is 0 Å². The molecule has 1 rings (SSSR count). The van der Waals surface area contributed by atoms with Crippen molar-refractivity contribution in [3.05, 3.63) is 23.8 Å². The molecule has 2 N–H and O–H groups in total. The van der Waals surface area contributed by atoms with Crippen LogP contribution in [0, 0.1) is 0 Å². The summed E-state index contributed by atoms with van der Waals surface area (Å²) in [6.45, 7) is 4.00. The number of alkyl halides is 3. The molecule has 0 saturated heterocycles. The molecule has 0 aromatic heterocycles. The second-order valence-corrected chi connectivity index (χ2v) is 4.19. The van der Waals surface area contributed by atoms with Crippen LogP contribution in [0.3, 0.4) is 0 Å². The van der Waals surface area contributed by atoms with Crippen molar-refractivity contribution < 1.29 is 17.9 Å². The zero-order chi connectivity index (χ0) is 13.8. The highest BCUT2D eigenvalue weighted by Gasteiger charge is 2.31. The summed E-state index contributed by atoms with van der Waals surface area (Å²) in [5.41, 5.74) is 4.87. The molecule has 1 aromatic carbocycles. The molecule has 0 spiro atoms. The van der Waals surface area contributed by atoms with Gasteiger partial charge in [0, 0.05) is 0 Å². The minimum absolute atomic E-state index is 0.00552. The Bertz CT molecular complexity index is 390. The molecule has 0 heterocycles. The van der Waals surface area contributed by atoms with Crippen molar-refractivity contribution in [2.24, 2.45) is 0 Å². The Morgan fingerprint density at radius 2 is 1.94 bits per heavy atom. The largest absolute Gasteiger partial charge is 0.488 e. The second-order valence-electron chi connectivity index (χ2n) is 4.19. The Hall–Kier alpha value is -1.39. The first kappa shape index (κ1) is 14.7. The summed E-state index contributed by atoms with van der Waals surface area (Å²) in [6, 6.07) is 3.19. The molecule has 0 fully saturated rings. The number of ether oxygens (including phenoxy) is 1. The van der Waals surface area contributed by atoms with Crippen LogP contribution in [0.15, 0.2) is 18.2 Å². The van der Waals surface area contributed by atoms with E-state index in [4.69, 9.17) is 10.5 Å². The van der Waals surface area contributed by atoms with Crippen LogP contribution in [0.25, 0.3) is 0 Å². The Labute approximate surface area is 105 Å². The smallest absolute Gasteiger partial charge is 0.416 e. The number of nitrogens with two attached hydrogens (primary N) is 1. The third kappa shape index (κ3) is 3.82. The fourth-order valence-electron chi connectivity index (χ4n) is 1.68. The van der Waals surface area contributed by atoms with E-state index in [0.717, 1.165) is 31.4 Å². The minimum atomic E-state index is -4.37. The maximum absolute atomic E-state index is 12.5. The van der Waals surface area contributed by atoms with Crippen molar-refractivity contribution in [3.8, 4) is 5.75 Å². The molecule has 5 heteroatoms. The zero-order valence-electron chi connectivity index (χ0n) is 10.6. The predicted molar refractivity (Wildman–Crippen MR) is 65.5 cm³/mol. The van der Waals surface area contributed by atoms with Crippen molar-refractivity contribution in [3.63, 3.8) is 0 Å². The first-order valence-corrected chi connectivity index (χ1v) is 6.01. The summed E-state index contributed by atoms with van der Waals surface area (Å²) in [5, 5.41) is 0. The highest BCUT2D eigenvalue weighted by Crippen LogP contribution is 2.34. The SMILES string of the molecule is CCCC(CC)Oc1ccc(C(F)(F)F)cc1N. The molecule has 0 aliphatic rings. The molecule has 1 atom stereocenters. The van der Waals surface area contributed by atoms with Crippen molar-refractivity contribution in [1.82, 2.24) is 0 Å². The van der Waals surface area contributed by atoms with E-state index >= 15 is 0 Å². The van der Waals surface area contributed by atoms with Crippen LogP contribution < -0.4 is 10.5 Å². The molecule has 2 nitrogen and oxygen atoms in total. The van der Waals surface area contributed by atoms with Crippen molar-refractivity contribution >= 4 is 5.69 Å². The van der Waals surface area contributed by atoms with Crippen molar-refractivity contribution in [2.45, 2.75) is 45.4 Å². The fourth-order valence-corrected chi connectivity index (χ4v) is 1.68. The average molecular weight is 261 g/mol. The summed E-state index contributed by atoms with van der Waals surface area (Å²) in [5.74, 6) is 0.323. The van der Waals surface area contributed by atoms with Gasteiger partial charge >= 0.3 is 6.18 Å². The van der Waals surface area contributed by atoms with E-state index in [1.807, 2.05) is 13.8 Å². The Morgan fingerprint density at radius 1 is 1.28 bits per heavy atom. The van der Waals surface area contributed by atoms with Gasteiger partial charge in [-0.2, -0.15) is 13.2 Å². The van der Waals surface area contributed by atoms with E-state index in [-0.39, 0.29) is 11.8 Å². The maximum atomic E-state index is 12.5. The van der Waals surface area contributed by atoms with E-state index < -0.39 is 11.7 Å². The Kier molecular flexibility index (Phi) is 4.87. The van der Waals surface area contributed by atoms with Crippen LogP contribution in [0.2, 0.25) is 0 Å². The molecule has 102 valence electrons. The third-order valence-electron chi connectivity index (χ3n) is 2.70. The van der Waals surface area contributed by atoms with Gasteiger partial charge in [0.25, 0.3) is 0 Å². The van der Waals surface area contributed by atoms with Crippen LogP contribution in [0.4, 0.5) is 18.9 Å². The highest BCUT2D eigenvalue weighted by molar-refractivity contribution is 5.54. The lowest BCUT2D eigenvalue weighted by molar-refractivity contribution is -0.137. The van der Waals surface area contributed by atoms with E-state index in [9.17, 15) is 13.2 Å². The van der Waals surface area contributed by atoms with Gasteiger partial charge in [0.1, 0.15) is 5.75 Å². The molecular formula is C13H18F3NO. The van der Waals surface area contributed by atoms with Gasteiger partial charge in [-0.1, -0.05) is 20.3 Å². The first-order chi connectivity index (χ1) is 8.38. The summed E-state index contributed by atoms with van der Waals surface area (Å²) in [7, 11) is 0. The monoisotopic (exact) mass is 261 g/mol. The highest BCUT2D eigenvalue weighted by atomic mass is 19.4. The maximum Gasteiger partial charge on any atom is 0.416 e. The van der Waals surface area contributed by atoms with Crippen LogP contribution in [0.5, 0.6) is 5.75 Å². The lowest BCUT2D eigenvalue weighted by atomic mass is 10.1. The molecule has 18 heavy (non-hydrogen) atoms. The molecule has 0 aliphatic heterocycles. The van der Waals surface area contributed by atoms with E-state index in [0.29, 0.717) is 5.75 Å². The topological polar surface area (TPSA) is 35.2 Å². The van der Waals surface area contributed by atoms with Gasteiger partial charge < -0.3 is 10.5 Å². The van der Waals surface area contributed by atoms with Gasteiger partial charge in [-0.05, 0) is 31.0 Å². The standard InChI is InChI=1S/C13H18F3NO/c1-3-5-10(4-2)18-12-7-6-9(8-11(12)17)13(14,15)16/h6-8,10H,3-5,17H2,1-2H3. The molecule has 0 saturated carbocycles. The molecule has 1 unspecified atom stereocenters. The molecule has 0 radical (unpaired) electrons. The number of rotatable bonds is 5. The number of hydrogen-bond acceptors (Lipinski definition) is 2. The summed E-state index contributed by atoms with van der Waals surface area (Å²) in [4.78, 5) is 0. The van der Waals surface area contributed by atoms with Gasteiger partial charge in [-0.3, -0.25) is 0 Å². The number of anilines is 1. The van der Waals surface area contributed by atoms with Crippen LogP contribution in [-0.4, -0.2) is 6.10 Å². The van der Waals surface area contributed by atoms with Gasteiger partial charge in [-0.15, -0.1) is 0 Å². The average Bonchev–Trinajstić information content (AvgIpc) is 2.29. The van der Waals surface area contributed by atoms with Gasteiger partial charge in [-0.25, -0.2) is 0 Å². The molecular weight excluding hydrogens is 243 g/mol. The summed E-state index contributed by atoms with van der Waals surface area (Å²) >= 11 is 0. The van der Waals surface area contributed by atoms with Crippen LogP contribution in [-0.2, 0) is 6.18 Å². The molecule has 0 aliphatic carbocycles. The quantitative estimate of drug-likeness (QED) is 0.804. The minimum Gasteiger partial charge on any atom is -0.488 e. The van der Waals surface area contributed by atoms with E-state index in [1.165, 1.54) is 6.07 Å². The second kappa shape index (κ2) is 5.98. The van der Waals surface area contributed by atoms with Crippen molar-refractivity contribution in [2.75, 3.05) is 5.73 Å². The molecule has 1 aromatic rings. The van der Waals surface area contributed by atoms with Gasteiger partial charge in [0.05, 0.1) is 17.4 Å². The van der Waals surface area contributed by atoms with Crippen LogP contribution >= 0.6 is 0 Å². The summed E-state index contributed by atoms with van der Waals surface area (Å²) < 4.78 is 43.0. The van der Waals surface area contributed by atoms with Crippen LogP contribution in [0.1, 0.15) is 38.7 Å². The normalized spacial score (nSPS) is 13.4. The number of halogens is 3. The Balaban J connectivity index is 2.85. The van der Waals surface area contributed by atoms with Gasteiger partial charge in [0.15, 0.2) is 0 Å². The zero-order valence-corrected chi connectivity index (χ0v) is 10.6. The summed E-state index contributed by atoms with van der Waals surface area (Å²) in [6.07, 6.45) is -1.76. The number of benzene rings is 1. The fraction of sp³-hybridized carbons (Fsp3) is 0.538. The molecule has 0 amide bonds. The predicted octanol–water partition coefficient (Wildman–Crippen LogP) is 4.25. The lowest BCUT2D eigenvalue weighted by Gasteiger charge is -2.19.